The standard InChI is InChI=1S/C15H30N2O3S/c1-11(18)9-17(14(19)20-15(3,4)5)7-6-16-13-8-12(2)21-10-13/h11-13,16,18H,6-10H2,1-5H3. The van der Waals surface area contributed by atoms with Crippen LogP contribution in [0.15, 0.2) is 0 Å². The number of aliphatic hydroxyl groups is 1. The number of hydrogen-bond acceptors (Lipinski definition) is 5. The van der Waals surface area contributed by atoms with Gasteiger partial charge >= 0.3 is 6.09 Å². The summed E-state index contributed by atoms with van der Waals surface area (Å²) in [7, 11) is 0. The molecular formula is C15H30N2O3S. The van der Waals surface area contributed by atoms with Crippen molar-refractivity contribution in [3.8, 4) is 0 Å². The summed E-state index contributed by atoms with van der Waals surface area (Å²) in [5, 5.41) is 13.7. The molecule has 0 aliphatic carbocycles. The Morgan fingerprint density at radius 2 is 2.19 bits per heavy atom. The van der Waals surface area contributed by atoms with E-state index < -0.39 is 11.7 Å². The van der Waals surface area contributed by atoms with Gasteiger partial charge in [-0.3, -0.25) is 0 Å². The Hall–Kier alpha value is -0.460. The van der Waals surface area contributed by atoms with Gasteiger partial charge in [-0.15, -0.1) is 0 Å². The van der Waals surface area contributed by atoms with E-state index in [-0.39, 0.29) is 6.09 Å². The normalized spacial score (nSPS) is 23.9. The van der Waals surface area contributed by atoms with Gasteiger partial charge in [0.15, 0.2) is 0 Å². The van der Waals surface area contributed by atoms with Crippen LogP contribution in [0.5, 0.6) is 0 Å². The highest BCUT2D eigenvalue weighted by molar-refractivity contribution is 8.00. The van der Waals surface area contributed by atoms with Crippen molar-refractivity contribution in [1.29, 1.82) is 0 Å². The first-order valence-electron chi connectivity index (χ1n) is 7.68. The van der Waals surface area contributed by atoms with E-state index in [0.717, 1.165) is 12.3 Å². The van der Waals surface area contributed by atoms with Crippen molar-refractivity contribution >= 4 is 17.9 Å². The highest BCUT2D eigenvalue weighted by Gasteiger charge is 2.24. The van der Waals surface area contributed by atoms with Gasteiger partial charge in [0.2, 0.25) is 0 Å². The van der Waals surface area contributed by atoms with E-state index in [1.54, 1.807) is 11.8 Å². The second-order valence-corrected chi connectivity index (χ2v) is 8.28. The van der Waals surface area contributed by atoms with E-state index in [0.29, 0.717) is 24.4 Å². The number of carbonyl (C=O) groups excluding carboxylic acids is 1. The third-order valence-electron chi connectivity index (χ3n) is 3.15. The van der Waals surface area contributed by atoms with Crippen LogP contribution in [0, 0.1) is 0 Å². The van der Waals surface area contributed by atoms with Gasteiger partial charge in [-0.2, -0.15) is 11.8 Å². The minimum absolute atomic E-state index is 0.298. The third-order valence-corrected chi connectivity index (χ3v) is 4.51. The number of amides is 1. The number of nitrogens with one attached hydrogen (secondary N) is 1. The zero-order chi connectivity index (χ0) is 16.0. The van der Waals surface area contributed by atoms with Crippen molar-refractivity contribution in [2.24, 2.45) is 0 Å². The largest absolute Gasteiger partial charge is 0.444 e. The zero-order valence-electron chi connectivity index (χ0n) is 13.9. The second kappa shape index (κ2) is 8.25. The monoisotopic (exact) mass is 318 g/mol. The van der Waals surface area contributed by atoms with Crippen LogP contribution in [-0.2, 0) is 4.74 Å². The lowest BCUT2D eigenvalue weighted by atomic mass is 10.2. The van der Waals surface area contributed by atoms with E-state index in [4.69, 9.17) is 4.74 Å². The molecule has 1 fully saturated rings. The Balaban J connectivity index is 2.40. The lowest BCUT2D eigenvalue weighted by Crippen LogP contribution is -2.45. The van der Waals surface area contributed by atoms with Crippen molar-refractivity contribution in [2.75, 3.05) is 25.4 Å². The van der Waals surface area contributed by atoms with E-state index in [1.807, 2.05) is 32.5 Å². The molecule has 124 valence electrons. The Bertz CT molecular complexity index is 331. The Morgan fingerprint density at radius 3 is 2.67 bits per heavy atom. The molecule has 0 radical (unpaired) electrons. The summed E-state index contributed by atoms with van der Waals surface area (Å²) < 4.78 is 5.38. The van der Waals surface area contributed by atoms with Gasteiger partial charge in [0.05, 0.1) is 6.10 Å². The van der Waals surface area contributed by atoms with Crippen molar-refractivity contribution in [3.63, 3.8) is 0 Å². The van der Waals surface area contributed by atoms with Crippen LogP contribution < -0.4 is 5.32 Å². The summed E-state index contributed by atoms with van der Waals surface area (Å²) >= 11 is 1.98. The Morgan fingerprint density at radius 1 is 1.52 bits per heavy atom. The van der Waals surface area contributed by atoms with Crippen LogP contribution in [0.25, 0.3) is 0 Å². The number of aliphatic hydroxyl groups excluding tert-OH is 1. The van der Waals surface area contributed by atoms with Gasteiger partial charge in [-0.05, 0) is 34.1 Å². The minimum atomic E-state index is -0.556. The summed E-state index contributed by atoms with van der Waals surface area (Å²) in [6.45, 7) is 11.0. The maximum Gasteiger partial charge on any atom is 0.410 e. The molecule has 1 heterocycles. The summed E-state index contributed by atoms with van der Waals surface area (Å²) in [6.07, 6.45) is 0.256. The smallest absolute Gasteiger partial charge is 0.410 e. The van der Waals surface area contributed by atoms with Gasteiger partial charge in [0.25, 0.3) is 0 Å². The highest BCUT2D eigenvalue weighted by Crippen LogP contribution is 2.25. The fourth-order valence-corrected chi connectivity index (χ4v) is 3.45. The zero-order valence-corrected chi connectivity index (χ0v) is 14.7. The van der Waals surface area contributed by atoms with E-state index in [1.165, 1.54) is 6.42 Å². The molecule has 0 saturated carbocycles. The molecule has 3 unspecified atom stereocenters. The maximum absolute atomic E-state index is 12.1. The molecule has 1 aliphatic rings. The predicted octanol–water partition coefficient (Wildman–Crippen LogP) is 2.09. The maximum atomic E-state index is 12.1. The molecule has 6 heteroatoms. The van der Waals surface area contributed by atoms with Crippen LogP contribution in [0.1, 0.15) is 41.0 Å². The first-order valence-corrected chi connectivity index (χ1v) is 8.73. The number of thioether (sulfide) groups is 1. The van der Waals surface area contributed by atoms with Crippen LogP contribution in [0.2, 0.25) is 0 Å². The molecule has 1 amide bonds. The van der Waals surface area contributed by atoms with Crippen molar-refractivity contribution in [2.45, 2.75) is 64.0 Å². The first kappa shape index (κ1) is 18.6. The molecule has 0 aromatic rings. The fourth-order valence-electron chi connectivity index (χ4n) is 2.27. The number of rotatable bonds is 6. The third kappa shape index (κ3) is 7.93. The van der Waals surface area contributed by atoms with Crippen LogP contribution in [-0.4, -0.2) is 64.5 Å². The quantitative estimate of drug-likeness (QED) is 0.785. The molecule has 21 heavy (non-hydrogen) atoms. The molecule has 1 aliphatic heterocycles. The van der Waals surface area contributed by atoms with Gasteiger partial charge in [0, 0.05) is 36.7 Å². The second-order valence-electron chi connectivity index (χ2n) is 6.81. The molecule has 0 aromatic carbocycles. The summed E-state index contributed by atoms with van der Waals surface area (Å²) in [4.78, 5) is 13.7. The average molecular weight is 318 g/mol. The molecule has 1 rings (SSSR count). The molecule has 3 atom stereocenters. The first-order chi connectivity index (χ1) is 9.67. The van der Waals surface area contributed by atoms with Gasteiger partial charge in [-0.1, -0.05) is 6.92 Å². The number of nitrogens with zero attached hydrogens (tertiary/aromatic N) is 1. The van der Waals surface area contributed by atoms with Gasteiger partial charge in [0.1, 0.15) is 5.60 Å². The van der Waals surface area contributed by atoms with Crippen LogP contribution in [0.3, 0.4) is 0 Å². The highest BCUT2D eigenvalue weighted by atomic mass is 32.2. The van der Waals surface area contributed by atoms with Gasteiger partial charge < -0.3 is 20.1 Å². The van der Waals surface area contributed by atoms with Crippen LogP contribution >= 0.6 is 11.8 Å². The van der Waals surface area contributed by atoms with Crippen molar-refractivity contribution < 1.29 is 14.6 Å². The summed E-state index contributed by atoms with van der Waals surface area (Å²) in [5.41, 5.74) is -0.515. The number of carbonyl (C=O) groups is 1. The van der Waals surface area contributed by atoms with E-state index in [2.05, 4.69) is 12.2 Å². The molecule has 2 N–H and O–H groups in total. The Kier molecular flexibility index (Phi) is 7.30. The lowest BCUT2D eigenvalue weighted by molar-refractivity contribution is 0.0163. The van der Waals surface area contributed by atoms with Crippen molar-refractivity contribution in [3.05, 3.63) is 0 Å². The fraction of sp³-hybridized carbons (Fsp3) is 0.933. The SMILES string of the molecule is CC(O)CN(CCNC1CSC(C)C1)C(=O)OC(C)(C)C. The number of hydrogen-bond donors (Lipinski definition) is 2. The van der Waals surface area contributed by atoms with Crippen molar-refractivity contribution in [1.82, 2.24) is 10.2 Å². The van der Waals surface area contributed by atoms with E-state index >= 15 is 0 Å². The summed E-state index contributed by atoms with van der Waals surface area (Å²) in [5.74, 6) is 1.13. The molecule has 0 bridgehead atoms. The molecule has 5 nitrogen and oxygen atoms in total. The predicted molar refractivity (Wildman–Crippen MR) is 87.8 cm³/mol. The topological polar surface area (TPSA) is 61.8 Å². The molecular weight excluding hydrogens is 288 g/mol. The summed E-state index contributed by atoms with van der Waals surface area (Å²) in [6, 6.07) is 0.525. The average Bonchev–Trinajstić information content (AvgIpc) is 2.71. The molecule has 0 spiro atoms. The molecule has 1 saturated heterocycles. The van der Waals surface area contributed by atoms with E-state index in [9.17, 15) is 9.90 Å². The molecule has 0 aromatic heterocycles. The van der Waals surface area contributed by atoms with Crippen LogP contribution in [0.4, 0.5) is 4.79 Å². The van der Waals surface area contributed by atoms with Gasteiger partial charge in [-0.25, -0.2) is 4.79 Å². The Labute approximate surface area is 132 Å². The minimum Gasteiger partial charge on any atom is -0.444 e. The lowest BCUT2D eigenvalue weighted by Gasteiger charge is -2.28. The number of ether oxygens (including phenoxy) is 1.